The number of carbonyl (C=O) groups excluding carboxylic acids is 1. The number of rotatable bonds is 5. The zero-order chi connectivity index (χ0) is 14.8. The minimum atomic E-state index is -0.322. The average Bonchev–Trinajstić information content (AvgIpc) is 2.73. The first-order valence-corrected chi connectivity index (χ1v) is 7.27. The minimum Gasteiger partial charge on any atom is -0.408 e. The quantitative estimate of drug-likeness (QED) is 0.878. The van der Waals surface area contributed by atoms with Crippen molar-refractivity contribution >= 4 is 17.0 Å². The van der Waals surface area contributed by atoms with E-state index in [1.165, 1.54) is 0 Å². The van der Waals surface area contributed by atoms with E-state index < -0.39 is 0 Å². The Morgan fingerprint density at radius 3 is 2.86 bits per heavy atom. The Bertz CT molecular complexity index is 697. The van der Waals surface area contributed by atoms with E-state index in [9.17, 15) is 9.59 Å². The van der Waals surface area contributed by atoms with E-state index in [0.29, 0.717) is 18.7 Å². The third kappa shape index (κ3) is 2.71. The van der Waals surface area contributed by atoms with Crippen LogP contribution in [0, 0.1) is 5.92 Å². The highest BCUT2D eigenvalue weighted by molar-refractivity contribution is 5.79. The molecule has 1 saturated heterocycles. The summed E-state index contributed by atoms with van der Waals surface area (Å²) in [4.78, 5) is 25.6. The molecule has 1 fully saturated rings. The zero-order valence-corrected chi connectivity index (χ0v) is 12.0. The van der Waals surface area contributed by atoms with Crippen molar-refractivity contribution in [3.8, 4) is 0 Å². The van der Waals surface area contributed by atoms with Crippen LogP contribution in [0.5, 0.6) is 0 Å². The average molecular weight is 289 g/mol. The van der Waals surface area contributed by atoms with Crippen LogP contribution in [0.25, 0.3) is 11.1 Å². The van der Waals surface area contributed by atoms with Gasteiger partial charge in [-0.1, -0.05) is 12.1 Å². The summed E-state index contributed by atoms with van der Waals surface area (Å²) < 4.78 is 6.85. The van der Waals surface area contributed by atoms with Gasteiger partial charge in [-0.15, -0.1) is 0 Å². The Hall–Kier alpha value is -2.08. The van der Waals surface area contributed by atoms with Crippen LogP contribution in [0.1, 0.15) is 6.92 Å². The molecule has 0 spiro atoms. The molecule has 1 aromatic heterocycles. The first kappa shape index (κ1) is 13.9. The smallest absolute Gasteiger partial charge is 0.408 e. The van der Waals surface area contributed by atoms with Gasteiger partial charge in [-0.3, -0.25) is 14.3 Å². The maximum Gasteiger partial charge on any atom is 0.419 e. The molecule has 2 heterocycles. The van der Waals surface area contributed by atoms with Gasteiger partial charge in [0.25, 0.3) is 0 Å². The van der Waals surface area contributed by atoms with Crippen LogP contribution in [0.3, 0.4) is 0 Å². The van der Waals surface area contributed by atoms with E-state index in [4.69, 9.17) is 4.42 Å². The molecule has 0 bridgehead atoms. The first-order valence-electron chi connectivity index (χ1n) is 7.27. The second kappa shape index (κ2) is 5.73. The van der Waals surface area contributed by atoms with E-state index in [-0.39, 0.29) is 17.6 Å². The Morgan fingerprint density at radius 1 is 1.33 bits per heavy atom. The van der Waals surface area contributed by atoms with E-state index in [1.807, 2.05) is 25.1 Å². The molecule has 0 atom stereocenters. The number of aromatic nitrogens is 1. The lowest BCUT2D eigenvalue weighted by Crippen LogP contribution is -2.54. The molecule has 3 rings (SSSR count). The summed E-state index contributed by atoms with van der Waals surface area (Å²) in [5.74, 6) is -0.112. The van der Waals surface area contributed by atoms with Crippen molar-refractivity contribution in [2.45, 2.75) is 13.5 Å². The van der Waals surface area contributed by atoms with E-state index in [1.54, 1.807) is 10.6 Å². The molecule has 2 aromatic rings. The van der Waals surface area contributed by atoms with Crippen molar-refractivity contribution < 1.29 is 9.21 Å². The molecule has 0 saturated carbocycles. The summed E-state index contributed by atoms with van der Waals surface area (Å²) >= 11 is 0. The SMILES string of the molecule is CCNC(=O)C1CN(CCn2c(=O)oc3ccccc32)C1. The lowest BCUT2D eigenvalue weighted by atomic mass is 9.99. The van der Waals surface area contributed by atoms with Crippen LogP contribution in [-0.4, -0.2) is 41.6 Å². The molecule has 1 aliphatic rings. The number of hydrogen-bond donors (Lipinski definition) is 1. The van der Waals surface area contributed by atoms with E-state index in [0.717, 1.165) is 25.2 Å². The highest BCUT2D eigenvalue weighted by Gasteiger charge is 2.31. The van der Waals surface area contributed by atoms with Crippen molar-refractivity contribution in [1.82, 2.24) is 14.8 Å². The minimum absolute atomic E-state index is 0.0859. The summed E-state index contributed by atoms with van der Waals surface area (Å²) in [6.07, 6.45) is 0. The molecular weight excluding hydrogens is 270 g/mol. The van der Waals surface area contributed by atoms with Gasteiger partial charge in [0.2, 0.25) is 5.91 Å². The Morgan fingerprint density at radius 2 is 2.10 bits per heavy atom. The van der Waals surface area contributed by atoms with E-state index in [2.05, 4.69) is 10.2 Å². The predicted octanol–water partition coefficient (Wildman–Crippen LogP) is 0.662. The summed E-state index contributed by atoms with van der Waals surface area (Å²) in [6.45, 7) is 5.44. The normalized spacial score (nSPS) is 16.0. The van der Waals surface area contributed by atoms with Gasteiger partial charge in [-0.2, -0.15) is 0 Å². The van der Waals surface area contributed by atoms with Crippen molar-refractivity contribution in [3.63, 3.8) is 0 Å². The molecule has 0 radical (unpaired) electrons. The second-order valence-electron chi connectivity index (χ2n) is 5.34. The number of carbonyl (C=O) groups is 1. The number of para-hydroxylation sites is 2. The van der Waals surface area contributed by atoms with Gasteiger partial charge >= 0.3 is 5.76 Å². The third-order valence-electron chi connectivity index (χ3n) is 3.89. The van der Waals surface area contributed by atoms with Gasteiger partial charge in [0, 0.05) is 32.7 Å². The molecular formula is C15H19N3O3. The molecule has 0 aliphatic carbocycles. The molecule has 21 heavy (non-hydrogen) atoms. The Kier molecular flexibility index (Phi) is 3.79. The highest BCUT2D eigenvalue weighted by Crippen LogP contribution is 2.16. The molecule has 1 aromatic carbocycles. The van der Waals surface area contributed by atoms with Crippen molar-refractivity contribution in [2.75, 3.05) is 26.2 Å². The van der Waals surface area contributed by atoms with Crippen LogP contribution >= 0.6 is 0 Å². The van der Waals surface area contributed by atoms with Crippen LogP contribution in [0.15, 0.2) is 33.5 Å². The van der Waals surface area contributed by atoms with Gasteiger partial charge in [0.05, 0.1) is 11.4 Å². The summed E-state index contributed by atoms with van der Waals surface area (Å²) in [5, 5.41) is 2.84. The number of likely N-dealkylation sites (tertiary alicyclic amines) is 1. The maximum atomic E-state index is 11.8. The fourth-order valence-corrected chi connectivity index (χ4v) is 2.70. The Balaban J connectivity index is 1.58. The molecule has 1 N–H and O–H groups in total. The molecule has 112 valence electrons. The van der Waals surface area contributed by atoms with Crippen molar-refractivity contribution in [3.05, 3.63) is 34.8 Å². The zero-order valence-electron chi connectivity index (χ0n) is 12.0. The molecule has 1 amide bonds. The Labute approximate surface area is 122 Å². The van der Waals surface area contributed by atoms with Gasteiger partial charge < -0.3 is 9.73 Å². The summed E-state index contributed by atoms with van der Waals surface area (Å²) in [7, 11) is 0. The predicted molar refractivity (Wildman–Crippen MR) is 79.1 cm³/mol. The van der Waals surface area contributed by atoms with Gasteiger partial charge in [-0.05, 0) is 19.1 Å². The third-order valence-corrected chi connectivity index (χ3v) is 3.89. The molecule has 0 unspecified atom stereocenters. The largest absolute Gasteiger partial charge is 0.419 e. The number of fused-ring (bicyclic) bond motifs is 1. The second-order valence-corrected chi connectivity index (χ2v) is 5.34. The fraction of sp³-hybridized carbons (Fsp3) is 0.467. The fourth-order valence-electron chi connectivity index (χ4n) is 2.70. The number of nitrogens with zero attached hydrogens (tertiary/aromatic N) is 2. The molecule has 6 nitrogen and oxygen atoms in total. The lowest BCUT2D eigenvalue weighted by molar-refractivity contribution is -0.130. The highest BCUT2D eigenvalue weighted by atomic mass is 16.4. The van der Waals surface area contributed by atoms with Crippen LogP contribution < -0.4 is 11.1 Å². The van der Waals surface area contributed by atoms with Gasteiger partial charge in [0.1, 0.15) is 0 Å². The van der Waals surface area contributed by atoms with E-state index >= 15 is 0 Å². The van der Waals surface area contributed by atoms with Crippen LogP contribution in [0.2, 0.25) is 0 Å². The number of nitrogens with one attached hydrogen (secondary N) is 1. The number of hydrogen-bond acceptors (Lipinski definition) is 4. The molecule has 1 aliphatic heterocycles. The monoisotopic (exact) mass is 289 g/mol. The number of benzene rings is 1. The molecule has 6 heteroatoms. The summed E-state index contributed by atoms with van der Waals surface area (Å²) in [6, 6.07) is 7.42. The lowest BCUT2D eigenvalue weighted by Gasteiger charge is -2.38. The van der Waals surface area contributed by atoms with Gasteiger partial charge in [0.15, 0.2) is 5.58 Å². The van der Waals surface area contributed by atoms with Crippen LogP contribution in [0.4, 0.5) is 0 Å². The van der Waals surface area contributed by atoms with Gasteiger partial charge in [-0.25, -0.2) is 4.79 Å². The summed E-state index contributed by atoms with van der Waals surface area (Å²) in [5.41, 5.74) is 1.44. The number of oxazole rings is 1. The number of amides is 1. The first-order chi connectivity index (χ1) is 10.2. The maximum absolute atomic E-state index is 11.8. The van der Waals surface area contributed by atoms with Crippen molar-refractivity contribution in [1.29, 1.82) is 0 Å². The standard InChI is InChI=1S/C15H19N3O3/c1-2-16-14(19)11-9-17(10-11)7-8-18-12-5-3-4-6-13(12)21-15(18)20/h3-6,11H,2,7-10H2,1H3,(H,16,19). The van der Waals surface area contributed by atoms with Crippen LogP contribution in [-0.2, 0) is 11.3 Å². The topological polar surface area (TPSA) is 67.5 Å². The van der Waals surface area contributed by atoms with Crippen molar-refractivity contribution in [2.24, 2.45) is 5.92 Å².